The second kappa shape index (κ2) is 4.48. The lowest BCUT2D eigenvalue weighted by Gasteiger charge is -2.08. The molecule has 0 radical (unpaired) electrons. The van der Waals surface area contributed by atoms with E-state index in [0.717, 1.165) is 18.2 Å². The Bertz CT molecular complexity index is 428. The van der Waals surface area contributed by atoms with Crippen LogP contribution in [-0.4, -0.2) is 4.92 Å². The van der Waals surface area contributed by atoms with E-state index in [-0.39, 0.29) is 17.7 Å². The molecule has 0 saturated carbocycles. The van der Waals surface area contributed by atoms with Gasteiger partial charge in [-0.15, -0.1) is 0 Å². The van der Waals surface area contributed by atoms with Crippen molar-refractivity contribution in [1.82, 2.24) is 0 Å². The number of nitrogens with two attached hydrogens (primary N) is 1. The predicted molar refractivity (Wildman–Crippen MR) is 50.2 cm³/mol. The Kier molecular flexibility index (Phi) is 3.31. The van der Waals surface area contributed by atoms with Crippen molar-refractivity contribution >= 4 is 5.69 Å². The second-order valence-corrected chi connectivity index (χ2v) is 2.93. The SMILES string of the molecule is N#CC[C@H](N)c1cc([N+](=O)[O-])ccc1F. The molecule has 0 spiro atoms. The first-order valence-corrected chi connectivity index (χ1v) is 4.12. The highest BCUT2D eigenvalue weighted by Gasteiger charge is 2.15. The molecule has 78 valence electrons. The highest BCUT2D eigenvalue weighted by molar-refractivity contribution is 5.37. The summed E-state index contributed by atoms with van der Waals surface area (Å²) in [5, 5.41) is 18.8. The van der Waals surface area contributed by atoms with Crippen LogP contribution < -0.4 is 5.73 Å². The third-order valence-electron chi connectivity index (χ3n) is 1.90. The fourth-order valence-corrected chi connectivity index (χ4v) is 1.14. The molecule has 1 aromatic rings. The number of nitrogens with zero attached hydrogens (tertiary/aromatic N) is 2. The van der Waals surface area contributed by atoms with Gasteiger partial charge in [-0.05, 0) is 6.07 Å². The Morgan fingerprint density at radius 1 is 1.67 bits per heavy atom. The molecule has 0 unspecified atom stereocenters. The Morgan fingerprint density at radius 3 is 2.87 bits per heavy atom. The normalized spacial score (nSPS) is 11.8. The molecule has 2 N–H and O–H groups in total. The first-order valence-electron chi connectivity index (χ1n) is 4.12. The quantitative estimate of drug-likeness (QED) is 0.604. The van der Waals surface area contributed by atoms with Gasteiger partial charge >= 0.3 is 0 Å². The van der Waals surface area contributed by atoms with Crippen LogP contribution in [0.25, 0.3) is 0 Å². The number of benzene rings is 1. The standard InChI is InChI=1S/C9H8FN3O2/c10-8-2-1-6(13(14)15)5-7(8)9(12)3-4-11/h1-2,5,9H,3,12H2/t9-/m0/s1. The van der Waals surface area contributed by atoms with Crippen LogP contribution in [0.15, 0.2) is 18.2 Å². The summed E-state index contributed by atoms with van der Waals surface area (Å²) in [6.45, 7) is 0. The molecule has 0 aliphatic heterocycles. The Hall–Kier alpha value is -2.00. The lowest BCUT2D eigenvalue weighted by molar-refractivity contribution is -0.385. The monoisotopic (exact) mass is 209 g/mol. The van der Waals surface area contributed by atoms with Crippen molar-refractivity contribution in [2.45, 2.75) is 12.5 Å². The summed E-state index contributed by atoms with van der Waals surface area (Å²) in [6.07, 6.45) is -0.0852. The van der Waals surface area contributed by atoms with E-state index < -0.39 is 16.8 Å². The lowest BCUT2D eigenvalue weighted by atomic mass is 10.0. The fourth-order valence-electron chi connectivity index (χ4n) is 1.14. The van der Waals surface area contributed by atoms with Gasteiger partial charge in [0.1, 0.15) is 5.82 Å². The number of non-ortho nitro benzene ring substituents is 1. The van der Waals surface area contributed by atoms with Gasteiger partial charge in [-0.1, -0.05) is 0 Å². The molecular formula is C9H8FN3O2. The van der Waals surface area contributed by atoms with E-state index in [1.54, 1.807) is 6.07 Å². The van der Waals surface area contributed by atoms with Crippen molar-refractivity contribution in [3.05, 3.63) is 39.7 Å². The molecule has 0 aliphatic carbocycles. The van der Waals surface area contributed by atoms with Crippen LogP contribution in [0.3, 0.4) is 0 Å². The van der Waals surface area contributed by atoms with Crippen molar-refractivity contribution in [3.8, 4) is 6.07 Å². The minimum atomic E-state index is -0.838. The van der Waals surface area contributed by atoms with E-state index in [0.29, 0.717) is 0 Å². The highest BCUT2D eigenvalue weighted by Crippen LogP contribution is 2.22. The van der Waals surface area contributed by atoms with Gasteiger partial charge in [-0.2, -0.15) is 5.26 Å². The number of nitro groups is 1. The third kappa shape index (κ3) is 2.48. The minimum Gasteiger partial charge on any atom is -0.323 e. The summed E-state index contributed by atoms with van der Waals surface area (Å²) in [4.78, 5) is 9.79. The number of nitriles is 1. The van der Waals surface area contributed by atoms with E-state index in [1.807, 2.05) is 0 Å². The average Bonchev–Trinajstić information content (AvgIpc) is 2.18. The van der Waals surface area contributed by atoms with Gasteiger partial charge in [0.05, 0.1) is 17.4 Å². The second-order valence-electron chi connectivity index (χ2n) is 2.93. The average molecular weight is 209 g/mol. The highest BCUT2D eigenvalue weighted by atomic mass is 19.1. The molecule has 0 aliphatic rings. The van der Waals surface area contributed by atoms with Crippen molar-refractivity contribution in [2.75, 3.05) is 0 Å². The number of halogens is 1. The summed E-state index contributed by atoms with van der Waals surface area (Å²) in [6, 6.07) is 4.03. The van der Waals surface area contributed by atoms with E-state index in [2.05, 4.69) is 0 Å². The zero-order chi connectivity index (χ0) is 11.4. The summed E-state index contributed by atoms with van der Waals surface area (Å²) in [7, 11) is 0. The van der Waals surface area contributed by atoms with Gasteiger partial charge in [0, 0.05) is 23.7 Å². The van der Waals surface area contributed by atoms with E-state index in [9.17, 15) is 14.5 Å². The molecule has 5 nitrogen and oxygen atoms in total. The molecule has 6 heteroatoms. The van der Waals surface area contributed by atoms with Crippen LogP contribution in [0.1, 0.15) is 18.0 Å². The van der Waals surface area contributed by atoms with Gasteiger partial charge < -0.3 is 5.73 Å². The topological polar surface area (TPSA) is 93.0 Å². The summed E-state index contributed by atoms with van der Waals surface area (Å²) in [5.41, 5.74) is 5.25. The zero-order valence-corrected chi connectivity index (χ0v) is 7.68. The predicted octanol–water partition coefficient (Wildman–Crippen LogP) is 1.65. The molecule has 15 heavy (non-hydrogen) atoms. The number of rotatable bonds is 3. The van der Waals surface area contributed by atoms with E-state index >= 15 is 0 Å². The van der Waals surface area contributed by atoms with Crippen LogP contribution in [0.4, 0.5) is 10.1 Å². The third-order valence-corrected chi connectivity index (χ3v) is 1.90. The zero-order valence-electron chi connectivity index (χ0n) is 7.68. The molecule has 0 aromatic heterocycles. The molecule has 1 aromatic carbocycles. The Morgan fingerprint density at radius 2 is 2.33 bits per heavy atom. The molecule has 0 heterocycles. The summed E-state index contributed by atoms with van der Waals surface area (Å²) in [5.74, 6) is -0.636. The largest absolute Gasteiger partial charge is 0.323 e. The first kappa shape index (κ1) is 11.1. The molecule has 0 amide bonds. The maximum atomic E-state index is 13.2. The maximum Gasteiger partial charge on any atom is 0.269 e. The van der Waals surface area contributed by atoms with E-state index in [1.165, 1.54) is 0 Å². The molecular weight excluding hydrogens is 201 g/mol. The first-order chi connectivity index (χ1) is 7.06. The number of hydrogen-bond donors (Lipinski definition) is 1. The molecule has 0 bridgehead atoms. The Balaban J connectivity index is 3.11. The molecule has 0 fully saturated rings. The van der Waals surface area contributed by atoms with Gasteiger partial charge in [-0.3, -0.25) is 10.1 Å². The van der Waals surface area contributed by atoms with Gasteiger partial charge in [0.15, 0.2) is 0 Å². The van der Waals surface area contributed by atoms with Crippen molar-refractivity contribution in [1.29, 1.82) is 5.26 Å². The van der Waals surface area contributed by atoms with Crippen molar-refractivity contribution < 1.29 is 9.31 Å². The minimum absolute atomic E-state index is 0.00856. The van der Waals surface area contributed by atoms with Crippen LogP contribution in [-0.2, 0) is 0 Å². The van der Waals surface area contributed by atoms with E-state index in [4.69, 9.17) is 11.0 Å². The lowest BCUT2D eigenvalue weighted by Crippen LogP contribution is -2.11. The van der Waals surface area contributed by atoms with Crippen LogP contribution in [0.5, 0.6) is 0 Å². The van der Waals surface area contributed by atoms with Gasteiger partial charge in [0.2, 0.25) is 0 Å². The summed E-state index contributed by atoms with van der Waals surface area (Å²) >= 11 is 0. The van der Waals surface area contributed by atoms with Crippen LogP contribution >= 0.6 is 0 Å². The van der Waals surface area contributed by atoms with Gasteiger partial charge in [-0.25, -0.2) is 4.39 Å². The maximum absolute atomic E-state index is 13.2. The smallest absolute Gasteiger partial charge is 0.269 e. The molecule has 0 saturated heterocycles. The fraction of sp³-hybridized carbons (Fsp3) is 0.222. The van der Waals surface area contributed by atoms with Crippen molar-refractivity contribution in [3.63, 3.8) is 0 Å². The van der Waals surface area contributed by atoms with Gasteiger partial charge in [0.25, 0.3) is 5.69 Å². The van der Waals surface area contributed by atoms with Crippen molar-refractivity contribution in [2.24, 2.45) is 5.73 Å². The number of hydrogen-bond acceptors (Lipinski definition) is 4. The van der Waals surface area contributed by atoms with Crippen LogP contribution in [0, 0.1) is 27.3 Å². The Labute approximate surface area is 85.1 Å². The van der Waals surface area contributed by atoms with Crippen LogP contribution in [0.2, 0.25) is 0 Å². The molecule has 1 rings (SSSR count). The molecule has 1 atom stereocenters. The number of nitro benzene ring substituents is 1. The summed E-state index contributed by atoms with van der Waals surface area (Å²) < 4.78 is 13.2.